The van der Waals surface area contributed by atoms with E-state index in [1.165, 1.54) is 40.4 Å². The van der Waals surface area contributed by atoms with Gasteiger partial charge in [0.15, 0.2) is 0 Å². The van der Waals surface area contributed by atoms with Gasteiger partial charge in [0.1, 0.15) is 29.2 Å². The van der Waals surface area contributed by atoms with E-state index < -0.39 is 0 Å². The lowest BCUT2D eigenvalue weighted by molar-refractivity contribution is 0.332. The summed E-state index contributed by atoms with van der Waals surface area (Å²) in [5.74, 6) is 1.13. The lowest BCUT2D eigenvalue weighted by Gasteiger charge is -2.37. The number of fused-ring (bicyclic) bond motifs is 1. The predicted molar refractivity (Wildman–Crippen MR) is 207 cm³/mol. The molecule has 0 radical (unpaired) electrons. The number of nitriles is 2. The first-order valence-electron chi connectivity index (χ1n) is 17.5. The van der Waals surface area contributed by atoms with Crippen molar-refractivity contribution in [3.8, 4) is 12.1 Å². The van der Waals surface area contributed by atoms with Crippen LogP contribution in [0.4, 0.5) is 22.7 Å². The van der Waals surface area contributed by atoms with E-state index in [-0.39, 0.29) is 5.57 Å². The van der Waals surface area contributed by atoms with E-state index in [0.29, 0.717) is 17.1 Å². The first kappa shape index (κ1) is 31.7. The highest BCUT2D eigenvalue weighted by Crippen LogP contribution is 2.39. The van der Waals surface area contributed by atoms with E-state index in [0.717, 1.165) is 54.1 Å². The molecule has 0 aromatic heterocycles. The average molecular weight is 661 g/mol. The predicted octanol–water partition coefficient (Wildman–Crippen LogP) is 10.9. The van der Waals surface area contributed by atoms with Crippen LogP contribution in [0.25, 0.3) is 22.9 Å². The van der Waals surface area contributed by atoms with Gasteiger partial charge in [-0.05, 0) is 120 Å². The Labute approximate surface area is 299 Å². The largest absolute Gasteiger partial charge is 0.457 e. The second-order valence-electron chi connectivity index (χ2n) is 13.1. The maximum absolute atomic E-state index is 9.68. The molecule has 5 aromatic carbocycles. The van der Waals surface area contributed by atoms with Crippen LogP contribution in [-0.2, 0) is 17.6 Å². The zero-order valence-corrected chi connectivity index (χ0v) is 28.3. The molecule has 246 valence electrons. The number of para-hydroxylation sites is 1. The Kier molecular flexibility index (Phi) is 8.77. The molecule has 5 aromatic rings. The minimum Gasteiger partial charge on any atom is -0.457 e. The van der Waals surface area contributed by atoms with Crippen LogP contribution in [0.3, 0.4) is 0 Å². The molecule has 0 saturated carbocycles. The maximum atomic E-state index is 9.68. The number of nitrogens with zero attached hydrogens (tertiary/aromatic N) is 4. The van der Waals surface area contributed by atoms with Gasteiger partial charge in [-0.15, -0.1) is 0 Å². The van der Waals surface area contributed by atoms with Gasteiger partial charge in [0.2, 0.25) is 0 Å². The molecular formula is C46H36N4O. The summed E-state index contributed by atoms with van der Waals surface area (Å²) in [5.41, 5.74) is 10.2. The Balaban J connectivity index is 1.06. The number of rotatable bonds is 7. The molecule has 0 aliphatic carbocycles. The Morgan fingerprint density at radius 2 is 1.25 bits per heavy atom. The van der Waals surface area contributed by atoms with Crippen LogP contribution in [0.2, 0.25) is 0 Å². The summed E-state index contributed by atoms with van der Waals surface area (Å²) >= 11 is 0. The van der Waals surface area contributed by atoms with Crippen LogP contribution in [0.5, 0.6) is 0 Å². The molecule has 8 rings (SSSR count). The summed E-state index contributed by atoms with van der Waals surface area (Å²) in [4.78, 5) is 4.82. The Morgan fingerprint density at radius 3 is 1.94 bits per heavy atom. The number of allylic oxidation sites excluding steroid dienone is 6. The molecule has 5 heteroatoms. The van der Waals surface area contributed by atoms with Gasteiger partial charge in [0.25, 0.3) is 0 Å². The third kappa shape index (κ3) is 6.58. The van der Waals surface area contributed by atoms with Crippen molar-refractivity contribution in [2.24, 2.45) is 0 Å². The highest BCUT2D eigenvalue weighted by Gasteiger charge is 2.24. The second-order valence-corrected chi connectivity index (χ2v) is 13.1. The molecule has 0 fully saturated rings. The zero-order chi connectivity index (χ0) is 34.6. The fourth-order valence-corrected chi connectivity index (χ4v) is 7.43. The third-order valence-electron chi connectivity index (χ3n) is 9.75. The summed E-state index contributed by atoms with van der Waals surface area (Å²) in [6, 6.07) is 42.3. The van der Waals surface area contributed by atoms with Crippen molar-refractivity contribution >= 4 is 45.7 Å². The van der Waals surface area contributed by atoms with Crippen molar-refractivity contribution < 1.29 is 4.74 Å². The van der Waals surface area contributed by atoms with Crippen molar-refractivity contribution in [2.45, 2.75) is 25.7 Å². The minimum absolute atomic E-state index is 0.0483. The van der Waals surface area contributed by atoms with Gasteiger partial charge in [-0.25, -0.2) is 0 Å². The van der Waals surface area contributed by atoms with E-state index in [1.54, 1.807) is 12.2 Å². The summed E-state index contributed by atoms with van der Waals surface area (Å²) in [7, 11) is 0. The molecular weight excluding hydrogens is 625 g/mol. The fourth-order valence-electron chi connectivity index (χ4n) is 7.43. The smallest absolute Gasteiger partial charge is 0.137 e. The molecule has 51 heavy (non-hydrogen) atoms. The number of aryl methyl sites for hydroxylation is 2. The van der Waals surface area contributed by atoms with E-state index >= 15 is 0 Å². The molecule has 0 N–H and O–H groups in total. The van der Waals surface area contributed by atoms with Crippen LogP contribution in [0, 0.1) is 22.7 Å². The number of ether oxygens (including phenoxy) is 1. The van der Waals surface area contributed by atoms with Crippen molar-refractivity contribution in [1.82, 2.24) is 0 Å². The van der Waals surface area contributed by atoms with Crippen molar-refractivity contribution in [3.63, 3.8) is 0 Å². The van der Waals surface area contributed by atoms with Crippen LogP contribution < -0.4 is 9.80 Å². The minimum atomic E-state index is 0.0483. The van der Waals surface area contributed by atoms with E-state index in [2.05, 4.69) is 119 Å². The lowest BCUT2D eigenvalue weighted by atomic mass is 9.90. The molecule has 3 aliphatic heterocycles. The summed E-state index contributed by atoms with van der Waals surface area (Å²) in [5, 5.41) is 21.7. The molecule has 0 unspecified atom stereocenters. The van der Waals surface area contributed by atoms with E-state index in [9.17, 15) is 10.5 Å². The molecule has 0 saturated heterocycles. The summed E-state index contributed by atoms with van der Waals surface area (Å²) in [6.45, 7) is 2.30. The van der Waals surface area contributed by atoms with Crippen LogP contribution in [0.15, 0.2) is 156 Å². The molecule has 5 nitrogen and oxygen atoms in total. The monoisotopic (exact) mass is 660 g/mol. The van der Waals surface area contributed by atoms with Gasteiger partial charge in [0, 0.05) is 41.1 Å². The SMILES string of the molecule is N#CC(C#N)=C1C=C(/C=C/c2ccc(N(c3ccccc3)c3cccc4ccccc34)cc2)OC(/C=C/c2cc3c4c(c2)CCCN4CCC3)=C1. The van der Waals surface area contributed by atoms with Gasteiger partial charge in [-0.2, -0.15) is 10.5 Å². The normalized spacial score (nSPS) is 15.1. The van der Waals surface area contributed by atoms with Crippen molar-refractivity contribution in [3.05, 3.63) is 178 Å². The molecule has 0 amide bonds. The standard InChI is InChI=1S/C46H36N4O/c47-31-39(32-48)38-29-42(51-43(30-38)24-20-34-27-36-11-7-25-49-26-8-12-37(28-34)46(36)49)23-19-33-17-21-41(22-18-33)50(40-13-2-1-3-14-40)45-16-6-10-35-9-4-5-15-44(35)45/h1-6,9-10,13-24,27-30H,7-8,11-12,25-26H2/b23-19+,24-20+. The Morgan fingerprint density at radius 1 is 0.647 bits per heavy atom. The van der Waals surface area contributed by atoms with E-state index in [1.807, 2.05) is 36.4 Å². The highest BCUT2D eigenvalue weighted by atomic mass is 16.5. The molecule has 0 spiro atoms. The quantitative estimate of drug-likeness (QED) is 0.163. The van der Waals surface area contributed by atoms with Gasteiger partial charge < -0.3 is 14.5 Å². The first-order chi connectivity index (χ1) is 25.2. The summed E-state index contributed by atoms with van der Waals surface area (Å²) < 4.78 is 6.29. The maximum Gasteiger partial charge on any atom is 0.137 e. The zero-order valence-electron chi connectivity index (χ0n) is 28.3. The topological polar surface area (TPSA) is 63.3 Å². The Bertz CT molecular complexity index is 2310. The van der Waals surface area contributed by atoms with E-state index in [4.69, 9.17) is 4.74 Å². The van der Waals surface area contributed by atoms with Crippen molar-refractivity contribution in [2.75, 3.05) is 22.9 Å². The lowest BCUT2D eigenvalue weighted by Crippen LogP contribution is -2.34. The second kappa shape index (κ2) is 14.1. The number of benzene rings is 5. The molecule has 0 atom stereocenters. The third-order valence-corrected chi connectivity index (χ3v) is 9.75. The van der Waals surface area contributed by atoms with Gasteiger partial charge in [0.05, 0.1) is 5.69 Å². The average Bonchev–Trinajstić information content (AvgIpc) is 3.18. The van der Waals surface area contributed by atoms with Crippen LogP contribution in [-0.4, -0.2) is 13.1 Å². The number of hydrogen-bond donors (Lipinski definition) is 0. The van der Waals surface area contributed by atoms with Gasteiger partial charge in [-0.1, -0.05) is 78.9 Å². The molecule has 3 aliphatic rings. The highest BCUT2D eigenvalue weighted by molar-refractivity contribution is 5.98. The molecule has 0 bridgehead atoms. The number of hydrogen-bond acceptors (Lipinski definition) is 5. The van der Waals surface area contributed by atoms with Gasteiger partial charge in [-0.3, -0.25) is 0 Å². The van der Waals surface area contributed by atoms with Gasteiger partial charge >= 0.3 is 0 Å². The molecule has 3 heterocycles. The first-order valence-corrected chi connectivity index (χ1v) is 17.5. The Hall–Kier alpha value is -6.56. The summed E-state index contributed by atoms with van der Waals surface area (Å²) in [6.07, 6.45) is 16.0. The number of anilines is 4. The van der Waals surface area contributed by atoms with Crippen molar-refractivity contribution in [1.29, 1.82) is 10.5 Å². The van der Waals surface area contributed by atoms with Crippen LogP contribution >= 0.6 is 0 Å². The fraction of sp³-hybridized carbons (Fsp3) is 0.130. The van der Waals surface area contributed by atoms with Crippen LogP contribution in [0.1, 0.15) is 35.1 Å².